The first-order valence-corrected chi connectivity index (χ1v) is 5.00. The molecule has 8 heteroatoms. The van der Waals surface area contributed by atoms with Gasteiger partial charge in [-0.3, -0.25) is 9.48 Å². The van der Waals surface area contributed by atoms with Crippen molar-refractivity contribution in [2.24, 2.45) is 7.05 Å². The zero-order chi connectivity index (χ0) is 12.3. The molecule has 1 N–H and O–H groups in total. The summed E-state index contributed by atoms with van der Waals surface area (Å²) in [7, 11) is 1.14. The quantitative estimate of drug-likeness (QED) is 0.792. The van der Waals surface area contributed by atoms with Crippen LogP contribution in [-0.2, 0) is 13.2 Å². The average molecular weight is 253 g/mol. The molecule has 0 bridgehead atoms. The summed E-state index contributed by atoms with van der Waals surface area (Å²) in [4.78, 5) is 11.3. The van der Waals surface area contributed by atoms with Gasteiger partial charge in [-0.15, -0.1) is 0 Å². The van der Waals surface area contributed by atoms with E-state index in [1.54, 1.807) is 0 Å². The zero-order valence-electron chi connectivity index (χ0n) is 8.38. The minimum absolute atomic E-state index is 0.253. The van der Waals surface area contributed by atoms with E-state index in [1.807, 2.05) is 0 Å². The highest BCUT2D eigenvalue weighted by Crippen LogP contribution is 2.29. The van der Waals surface area contributed by atoms with E-state index in [-0.39, 0.29) is 12.2 Å². The van der Waals surface area contributed by atoms with E-state index >= 15 is 0 Å². The van der Waals surface area contributed by atoms with Gasteiger partial charge in [-0.2, -0.15) is 30.9 Å². The largest absolute Gasteiger partial charge is 0.433 e. The molecule has 0 aliphatic rings. The number of hydrogen-bond donors (Lipinski definition) is 2. The molecule has 0 spiro atoms. The van der Waals surface area contributed by atoms with Crippen molar-refractivity contribution in [2.45, 2.75) is 6.18 Å². The molecule has 1 aromatic heterocycles. The Morgan fingerprint density at radius 1 is 1.62 bits per heavy atom. The molecule has 0 aliphatic carbocycles. The van der Waals surface area contributed by atoms with Gasteiger partial charge in [-0.25, -0.2) is 0 Å². The molecule has 0 atom stereocenters. The Balaban J connectivity index is 2.89. The number of carbonyl (C=O) groups is 1. The van der Waals surface area contributed by atoms with Crippen LogP contribution in [0.15, 0.2) is 6.07 Å². The molecular weight excluding hydrogens is 243 g/mol. The maximum Gasteiger partial charge on any atom is 0.433 e. The Labute approximate surface area is 95.2 Å². The maximum absolute atomic E-state index is 12.4. The fourth-order valence-electron chi connectivity index (χ4n) is 1.10. The molecule has 1 amide bonds. The highest BCUT2D eigenvalue weighted by molar-refractivity contribution is 7.80. The summed E-state index contributed by atoms with van der Waals surface area (Å²) >= 11 is 3.86. The Bertz CT molecular complexity index is 388. The first kappa shape index (κ1) is 12.9. The first-order chi connectivity index (χ1) is 7.36. The minimum Gasteiger partial charge on any atom is -0.350 e. The molecule has 1 rings (SSSR count). The van der Waals surface area contributed by atoms with E-state index in [0.717, 1.165) is 7.05 Å². The molecule has 0 aromatic carbocycles. The van der Waals surface area contributed by atoms with E-state index in [4.69, 9.17) is 0 Å². The van der Waals surface area contributed by atoms with Crippen LogP contribution in [0.25, 0.3) is 0 Å². The van der Waals surface area contributed by atoms with Crippen molar-refractivity contribution >= 4 is 18.5 Å². The van der Waals surface area contributed by atoms with Crippen LogP contribution in [0.2, 0.25) is 0 Å². The van der Waals surface area contributed by atoms with Gasteiger partial charge in [0.2, 0.25) is 0 Å². The highest BCUT2D eigenvalue weighted by atomic mass is 32.1. The molecule has 0 unspecified atom stereocenters. The highest BCUT2D eigenvalue weighted by Gasteiger charge is 2.35. The van der Waals surface area contributed by atoms with Gasteiger partial charge in [0.15, 0.2) is 5.69 Å². The van der Waals surface area contributed by atoms with E-state index in [0.29, 0.717) is 16.5 Å². The lowest BCUT2D eigenvalue weighted by Crippen LogP contribution is -2.25. The van der Waals surface area contributed by atoms with Gasteiger partial charge in [-0.05, 0) is 0 Å². The normalized spacial score (nSPS) is 11.6. The number of alkyl halides is 3. The van der Waals surface area contributed by atoms with Gasteiger partial charge in [-0.1, -0.05) is 0 Å². The second-order valence-electron chi connectivity index (χ2n) is 3.02. The molecule has 0 fully saturated rings. The fraction of sp³-hybridized carbons (Fsp3) is 0.500. The lowest BCUT2D eigenvalue weighted by Gasteiger charge is -2.04. The third kappa shape index (κ3) is 2.91. The molecule has 0 radical (unpaired) electrons. The van der Waals surface area contributed by atoms with Gasteiger partial charge in [0.25, 0.3) is 5.91 Å². The van der Waals surface area contributed by atoms with Crippen LogP contribution in [0.3, 0.4) is 0 Å². The van der Waals surface area contributed by atoms with Crippen molar-refractivity contribution in [2.75, 3.05) is 12.3 Å². The van der Waals surface area contributed by atoms with Crippen molar-refractivity contribution < 1.29 is 18.0 Å². The van der Waals surface area contributed by atoms with Gasteiger partial charge in [0.1, 0.15) is 5.69 Å². The van der Waals surface area contributed by atoms with Crippen molar-refractivity contribution in [1.82, 2.24) is 15.1 Å². The second-order valence-corrected chi connectivity index (χ2v) is 3.46. The van der Waals surface area contributed by atoms with Crippen molar-refractivity contribution in [3.8, 4) is 0 Å². The number of rotatable bonds is 3. The standard InChI is InChI=1S/C8H10F3N3OS/c1-14-6(8(9,10)11)4-5(13-14)7(15)12-2-3-16/h4,16H,2-3H2,1H3,(H,12,15). The number of aryl methyl sites for hydroxylation is 1. The summed E-state index contributed by atoms with van der Waals surface area (Å²) in [6.45, 7) is 0.278. The summed E-state index contributed by atoms with van der Waals surface area (Å²) in [5.74, 6) is -0.231. The van der Waals surface area contributed by atoms with E-state index < -0.39 is 17.8 Å². The number of aromatic nitrogens is 2. The number of nitrogens with one attached hydrogen (secondary N) is 1. The third-order valence-electron chi connectivity index (χ3n) is 1.80. The van der Waals surface area contributed by atoms with Crippen molar-refractivity contribution in [3.05, 3.63) is 17.5 Å². The topological polar surface area (TPSA) is 46.9 Å². The summed E-state index contributed by atoms with van der Waals surface area (Å²) < 4.78 is 37.8. The number of hydrogen-bond acceptors (Lipinski definition) is 3. The molecule has 0 aliphatic heterocycles. The Hall–Kier alpha value is -1.18. The predicted octanol–water partition coefficient (Wildman–Crippen LogP) is 1.10. The Morgan fingerprint density at radius 2 is 2.25 bits per heavy atom. The van der Waals surface area contributed by atoms with E-state index in [1.165, 1.54) is 0 Å². The summed E-state index contributed by atoms with van der Waals surface area (Å²) in [6, 6.07) is 0.716. The number of thiol groups is 1. The Kier molecular flexibility index (Phi) is 3.84. The van der Waals surface area contributed by atoms with Crippen LogP contribution >= 0.6 is 12.6 Å². The maximum atomic E-state index is 12.4. The molecule has 1 heterocycles. The minimum atomic E-state index is -4.51. The van der Waals surface area contributed by atoms with Crippen LogP contribution in [0, 0.1) is 0 Å². The molecule has 0 saturated carbocycles. The monoisotopic (exact) mass is 253 g/mol. The molecular formula is C8H10F3N3OS. The molecule has 90 valence electrons. The summed E-state index contributed by atoms with van der Waals surface area (Å²) in [6.07, 6.45) is -4.51. The van der Waals surface area contributed by atoms with Crippen LogP contribution in [-0.4, -0.2) is 28.0 Å². The van der Waals surface area contributed by atoms with Crippen molar-refractivity contribution in [1.29, 1.82) is 0 Å². The number of halogens is 3. The van der Waals surface area contributed by atoms with Crippen LogP contribution < -0.4 is 5.32 Å². The SMILES string of the molecule is Cn1nc(C(=O)NCCS)cc1C(F)(F)F. The zero-order valence-corrected chi connectivity index (χ0v) is 9.27. The molecule has 4 nitrogen and oxygen atoms in total. The Morgan fingerprint density at radius 3 is 2.69 bits per heavy atom. The van der Waals surface area contributed by atoms with Gasteiger partial charge < -0.3 is 5.32 Å². The fourth-order valence-corrected chi connectivity index (χ4v) is 1.22. The predicted molar refractivity (Wildman–Crippen MR) is 54.4 cm³/mol. The van der Waals surface area contributed by atoms with Crippen LogP contribution in [0.5, 0.6) is 0 Å². The van der Waals surface area contributed by atoms with E-state index in [2.05, 4.69) is 23.0 Å². The smallest absolute Gasteiger partial charge is 0.350 e. The second kappa shape index (κ2) is 4.77. The first-order valence-electron chi connectivity index (χ1n) is 4.36. The lowest BCUT2D eigenvalue weighted by atomic mass is 10.3. The van der Waals surface area contributed by atoms with Crippen LogP contribution in [0.4, 0.5) is 13.2 Å². The molecule has 0 saturated heterocycles. The van der Waals surface area contributed by atoms with Gasteiger partial charge in [0.05, 0.1) is 0 Å². The summed E-state index contributed by atoms with van der Waals surface area (Å²) in [5.41, 5.74) is -1.21. The van der Waals surface area contributed by atoms with E-state index in [9.17, 15) is 18.0 Å². The summed E-state index contributed by atoms with van der Waals surface area (Å²) in [5, 5.41) is 5.87. The third-order valence-corrected chi connectivity index (χ3v) is 2.02. The molecule has 1 aromatic rings. The van der Waals surface area contributed by atoms with Crippen molar-refractivity contribution in [3.63, 3.8) is 0 Å². The van der Waals surface area contributed by atoms with Crippen LogP contribution in [0.1, 0.15) is 16.2 Å². The van der Waals surface area contributed by atoms with Gasteiger partial charge in [0, 0.05) is 25.4 Å². The van der Waals surface area contributed by atoms with Gasteiger partial charge >= 0.3 is 6.18 Å². The average Bonchev–Trinajstić information content (AvgIpc) is 2.56. The lowest BCUT2D eigenvalue weighted by molar-refractivity contribution is -0.143. The molecule has 16 heavy (non-hydrogen) atoms. The number of carbonyl (C=O) groups excluding carboxylic acids is 1. The number of nitrogens with zero attached hydrogens (tertiary/aromatic N) is 2. The number of amides is 1.